The molecule has 28 heavy (non-hydrogen) atoms. The molecule has 1 aromatic heterocycles. The highest BCUT2D eigenvalue weighted by atomic mass is 16.5. The molecule has 0 saturated heterocycles. The normalized spacial score (nSPS) is 11.1. The lowest BCUT2D eigenvalue weighted by Gasteiger charge is -2.21. The zero-order chi connectivity index (χ0) is 20.5. The van der Waals surface area contributed by atoms with Gasteiger partial charge in [0, 0.05) is 22.4 Å². The van der Waals surface area contributed by atoms with Crippen LogP contribution in [0.2, 0.25) is 0 Å². The van der Waals surface area contributed by atoms with Crippen molar-refractivity contribution in [1.29, 1.82) is 5.26 Å². The summed E-state index contributed by atoms with van der Waals surface area (Å²) in [6.45, 7) is 8.44. The highest BCUT2D eigenvalue weighted by molar-refractivity contribution is 5.92. The molecule has 2 N–H and O–H groups in total. The smallest absolute Gasteiger partial charge is 0.142 e. The number of nitrogens with two attached hydrogens (primary N) is 1. The highest BCUT2D eigenvalue weighted by Gasteiger charge is 2.22. The average Bonchev–Trinajstić information content (AvgIpc) is 2.67. The first-order valence-electron chi connectivity index (χ1n) is 9.22. The minimum absolute atomic E-state index is 0.0508. The van der Waals surface area contributed by atoms with Gasteiger partial charge in [-0.15, -0.1) is 0 Å². The number of aromatic nitrogens is 1. The monoisotopic (exact) mass is 371 g/mol. The molecule has 0 aliphatic heterocycles. The number of methoxy groups -OCH3 is 1. The van der Waals surface area contributed by atoms with Crippen molar-refractivity contribution in [3.63, 3.8) is 0 Å². The maximum Gasteiger partial charge on any atom is 0.142 e. The summed E-state index contributed by atoms with van der Waals surface area (Å²) in [7, 11) is 1.64. The predicted octanol–water partition coefficient (Wildman–Crippen LogP) is 5.48. The molecule has 3 rings (SSSR count). The molecule has 4 nitrogen and oxygen atoms in total. The van der Waals surface area contributed by atoms with Crippen molar-refractivity contribution in [3.8, 4) is 34.1 Å². The van der Waals surface area contributed by atoms with E-state index in [4.69, 9.17) is 10.5 Å². The molecule has 1 heterocycles. The zero-order valence-electron chi connectivity index (χ0n) is 17.0. The molecule has 0 fully saturated rings. The fraction of sp³-hybridized carbons (Fsp3) is 0.250. The van der Waals surface area contributed by atoms with Crippen molar-refractivity contribution < 1.29 is 4.74 Å². The van der Waals surface area contributed by atoms with Gasteiger partial charge in [-0.25, -0.2) is 4.98 Å². The Morgan fingerprint density at radius 2 is 1.64 bits per heavy atom. The number of hydrogen-bond donors (Lipinski definition) is 1. The lowest BCUT2D eigenvalue weighted by molar-refractivity contribution is 0.416. The van der Waals surface area contributed by atoms with Crippen molar-refractivity contribution in [3.05, 3.63) is 65.4 Å². The number of aryl methyl sites for hydroxylation is 1. The first kappa shape index (κ1) is 19.4. The quantitative estimate of drug-likeness (QED) is 0.661. The Labute approximate surface area is 166 Å². The summed E-state index contributed by atoms with van der Waals surface area (Å²) >= 11 is 0. The summed E-state index contributed by atoms with van der Waals surface area (Å²) < 4.78 is 5.57. The summed E-state index contributed by atoms with van der Waals surface area (Å²) in [4.78, 5) is 4.44. The number of para-hydroxylation sites is 1. The van der Waals surface area contributed by atoms with Crippen molar-refractivity contribution in [1.82, 2.24) is 4.98 Å². The number of rotatable bonds is 3. The van der Waals surface area contributed by atoms with Gasteiger partial charge in [-0.05, 0) is 29.5 Å². The van der Waals surface area contributed by atoms with Crippen LogP contribution in [0.15, 0.2) is 48.5 Å². The maximum absolute atomic E-state index is 9.83. The van der Waals surface area contributed by atoms with Gasteiger partial charge in [0.05, 0.1) is 7.11 Å². The molecule has 2 aromatic carbocycles. The predicted molar refractivity (Wildman–Crippen MR) is 114 cm³/mol. The number of pyridine rings is 1. The van der Waals surface area contributed by atoms with Gasteiger partial charge in [-0.2, -0.15) is 5.26 Å². The van der Waals surface area contributed by atoms with E-state index in [1.165, 1.54) is 5.56 Å². The lowest BCUT2D eigenvalue weighted by atomic mass is 9.84. The fourth-order valence-electron chi connectivity index (χ4n) is 3.45. The molecule has 0 bridgehead atoms. The van der Waals surface area contributed by atoms with Crippen molar-refractivity contribution in [2.45, 2.75) is 33.1 Å². The zero-order valence-corrected chi connectivity index (χ0v) is 17.0. The minimum atomic E-state index is 0.0508. The van der Waals surface area contributed by atoms with Gasteiger partial charge in [-0.3, -0.25) is 0 Å². The number of hydrogen-bond acceptors (Lipinski definition) is 4. The topological polar surface area (TPSA) is 71.9 Å². The Bertz CT molecular complexity index is 1050. The second kappa shape index (κ2) is 7.36. The van der Waals surface area contributed by atoms with Crippen molar-refractivity contribution in [2.75, 3.05) is 12.8 Å². The van der Waals surface area contributed by atoms with Crippen LogP contribution in [0.4, 0.5) is 5.82 Å². The largest absolute Gasteiger partial charge is 0.496 e. The Balaban J connectivity index is 2.35. The van der Waals surface area contributed by atoms with Gasteiger partial charge in [-0.1, -0.05) is 63.2 Å². The molecule has 0 unspecified atom stereocenters. The number of nitrogens with zero attached hydrogens (tertiary/aromatic N) is 2. The number of nitrogen functional groups attached to an aromatic ring is 1. The first-order valence-corrected chi connectivity index (χ1v) is 9.22. The molecular formula is C24H25N3O. The van der Waals surface area contributed by atoms with Crippen LogP contribution in [0.25, 0.3) is 22.3 Å². The third kappa shape index (κ3) is 3.44. The van der Waals surface area contributed by atoms with E-state index in [1.54, 1.807) is 7.11 Å². The molecule has 3 aromatic rings. The summed E-state index contributed by atoms with van der Waals surface area (Å²) in [6.07, 6.45) is 0. The third-order valence-corrected chi connectivity index (χ3v) is 4.93. The van der Waals surface area contributed by atoms with Gasteiger partial charge in [0.2, 0.25) is 0 Å². The minimum Gasteiger partial charge on any atom is -0.496 e. The van der Waals surface area contributed by atoms with E-state index in [2.05, 4.69) is 56.1 Å². The van der Waals surface area contributed by atoms with Gasteiger partial charge in [0.25, 0.3) is 0 Å². The molecule has 0 aliphatic carbocycles. The molecule has 0 radical (unpaired) electrons. The van der Waals surface area contributed by atoms with Crippen molar-refractivity contribution >= 4 is 5.82 Å². The summed E-state index contributed by atoms with van der Waals surface area (Å²) in [5.41, 5.74) is 12.0. The molecule has 0 saturated carbocycles. The number of ether oxygens (including phenoxy) is 1. The number of nitriles is 1. The van der Waals surface area contributed by atoms with E-state index in [0.717, 1.165) is 33.7 Å². The van der Waals surface area contributed by atoms with Gasteiger partial charge in [0.1, 0.15) is 23.2 Å². The van der Waals surface area contributed by atoms with Crippen molar-refractivity contribution in [2.24, 2.45) is 0 Å². The molecule has 142 valence electrons. The van der Waals surface area contributed by atoms with Crippen LogP contribution < -0.4 is 10.5 Å². The van der Waals surface area contributed by atoms with Crippen LogP contribution in [0, 0.1) is 18.3 Å². The second-order valence-corrected chi connectivity index (χ2v) is 7.85. The van der Waals surface area contributed by atoms with Crippen LogP contribution in [0.3, 0.4) is 0 Å². The van der Waals surface area contributed by atoms with E-state index < -0.39 is 0 Å². The molecule has 0 aliphatic rings. The summed E-state index contributed by atoms with van der Waals surface area (Å²) in [6, 6.07) is 18.3. The molecule has 4 heteroatoms. The Morgan fingerprint density at radius 3 is 2.21 bits per heavy atom. The van der Waals surface area contributed by atoms with Crippen LogP contribution in [-0.2, 0) is 5.41 Å². The van der Waals surface area contributed by atoms with Gasteiger partial charge < -0.3 is 10.5 Å². The molecular weight excluding hydrogens is 346 g/mol. The van der Waals surface area contributed by atoms with Crippen LogP contribution in [0.1, 0.15) is 37.6 Å². The fourth-order valence-corrected chi connectivity index (χ4v) is 3.45. The van der Waals surface area contributed by atoms with E-state index in [9.17, 15) is 5.26 Å². The van der Waals surface area contributed by atoms with Gasteiger partial charge in [0.15, 0.2) is 0 Å². The van der Waals surface area contributed by atoms with E-state index in [1.807, 2.05) is 31.2 Å². The van der Waals surface area contributed by atoms with E-state index in [-0.39, 0.29) is 11.2 Å². The number of anilines is 1. The third-order valence-electron chi connectivity index (χ3n) is 4.93. The average molecular weight is 371 g/mol. The standard InChI is InChI=1S/C24H25N3O/c1-15-21(18-8-6-7-9-20(18)28-5)22(19(14-25)23(26)27-15)16-10-12-17(13-11-16)24(2,3)4/h6-13H,1-5H3,(H2,26,27). The van der Waals surface area contributed by atoms with Crippen LogP contribution >= 0.6 is 0 Å². The molecule has 0 amide bonds. The Hall–Kier alpha value is -3.32. The lowest BCUT2D eigenvalue weighted by Crippen LogP contribution is -2.10. The summed E-state index contributed by atoms with van der Waals surface area (Å²) in [5.74, 6) is 0.974. The van der Waals surface area contributed by atoms with Crippen LogP contribution in [0.5, 0.6) is 5.75 Å². The van der Waals surface area contributed by atoms with Gasteiger partial charge >= 0.3 is 0 Å². The number of benzene rings is 2. The van der Waals surface area contributed by atoms with Crippen LogP contribution in [-0.4, -0.2) is 12.1 Å². The SMILES string of the molecule is COc1ccccc1-c1c(C)nc(N)c(C#N)c1-c1ccc(C(C)(C)C)cc1. The summed E-state index contributed by atoms with van der Waals surface area (Å²) in [5, 5.41) is 9.83. The molecule has 0 spiro atoms. The Kier molecular flexibility index (Phi) is 5.11. The Morgan fingerprint density at radius 1 is 1.00 bits per heavy atom. The first-order chi connectivity index (χ1) is 13.3. The maximum atomic E-state index is 9.83. The highest BCUT2D eigenvalue weighted by Crippen LogP contribution is 2.42. The molecule has 0 atom stereocenters. The second-order valence-electron chi connectivity index (χ2n) is 7.85. The van der Waals surface area contributed by atoms with E-state index >= 15 is 0 Å². The van der Waals surface area contributed by atoms with E-state index in [0.29, 0.717) is 5.56 Å².